The Labute approximate surface area is 91.6 Å². The monoisotopic (exact) mass is 259 g/mol. The van der Waals surface area contributed by atoms with Crippen LogP contribution in [0.4, 0.5) is 0 Å². The molecule has 1 heterocycles. The lowest BCUT2D eigenvalue weighted by Gasteiger charge is -2.08. The zero-order valence-corrected chi connectivity index (χ0v) is 9.67. The molecular formula is C9H14BrN3O. The molecule has 4 nitrogen and oxygen atoms in total. The highest BCUT2D eigenvalue weighted by Gasteiger charge is 2.08. The van der Waals surface area contributed by atoms with E-state index in [9.17, 15) is 4.79 Å². The van der Waals surface area contributed by atoms with Crippen molar-refractivity contribution < 1.29 is 4.79 Å². The Hall–Kier alpha value is -0.840. The fourth-order valence-corrected chi connectivity index (χ4v) is 1.72. The van der Waals surface area contributed by atoms with Gasteiger partial charge in [-0.3, -0.25) is 9.89 Å². The molecule has 1 atom stereocenters. The van der Waals surface area contributed by atoms with Gasteiger partial charge in [0.2, 0.25) is 0 Å². The molecule has 1 amide bonds. The molecule has 14 heavy (non-hydrogen) atoms. The van der Waals surface area contributed by atoms with Gasteiger partial charge in [-0.05, 0) is 6.42 Å². The van der Waals surface area contributed by atoms with Crippen LogP contribution in [0.3, 0.4) is 0 Å². The number of alkyl halides is 1. The standard InChI is InChI=1S/C9H14BrN3O/c1-2-3-8(10)6-11-9(14)7-4-12-13-5-7/h4-5,8H,2-3,6H2,1H3,(H,11,14)(H,12,13). The van der Waals surface area contributed by atoms with Crippen LogP contribution in [0.15, 0.2) is 12.4 Å². The number of aromatic amines is 1. The zero-order chi connectivity index (χ0) is 10.4. The van der Waals surface area contributed by atoms with Gasteiger partial charge in [0.05, 0.1) is 11.8 Å². The molecule has 0 saturated heterocycles. The molecule has 0 fully saturated rings. The maximum absolute atomic E-state index is 11.4. The second-order valence-corrected chi connectivity index (χ2v) is 4.38. The highest BCUT2D eigenvalue weighted by molar-refractivity contribution is 9.09. The molecule has 0 saturated carbocycles. The van der Waals surface area contributed by atoms with Crippen molar-refractivity contribution in [2.24, 2.45) is 0 Å². The van der Waals surface area contributed by atoms with Gasteiger partial charge in [0, 0.05) is 17.6 Å². The van der Waals surface area contributed by atoms with E-state index in [0.29, 0.717) is 16.9 Å². The summed E-state index contributed by atoms with van der Waals surface area (Å²) < 4.78 is 0. The average Bonchev–Trinajstić information content (AvgIpc) is 2.67. The number of carbonyl (C=O) groups excluding carboxylic acids is 1. The van der Waals surface area contributed by atoms with Crippen LogP contribution in [-0.2, 0) is 0 Å². The van der Waals surface area contributed by atoms with Gasteiger partial charge in [-0.15, -0.1) is 0 Å². The minimum Gasteiger partial charge on any atom is -0.351 e. The Kier molecular flexibility index (Phi) is 4.65. The lowest BCUT2D eigenvalue weighted by atomic mass is 10.2. The fourth-order valence-electron chi connectivity index (χ4n) is 1.10. The number of rotatable bonds is 5. The van der Waals surface area contributed by atoms with Crippen molar-refractivity contribution in [1.82, 2.24) is 15.5 Å². The molecule has 1 rings (SSSR count). The summed E-state index contributed by atoms with van der Waals surface area (Å²) in [5.41, 5.74) is 0.571. The first kappa shape index (κ1) is 11.2. The van der Waals surface area contributed by atoms with Gasteiger partial charge in [0.1, 0.15) is 0 Å². The third kappa shape index (κ3) is 3.49. The van der Waals surface area contributed by atoms with E-state index in [2.05, 4.69) is 38.4 Å². The number of H-pyrrole nitrogens is 1. The summed E-state index contributed by atoms with van der Waals surface area (Å²) >= 11 is 3.49. The van der Waals surface area contributed by atoms with Crippen molar-refractivity contribution in [3.8, 4) is 0 Å². The number of hydrogen-bond acceptors (Lipinski definition) is 2. The van der Waals surface area contributed by atoms with Crippen LogP contribution in [0.25, 0.3) is 0 Å². The molecule has 1 aromatic rings. The molecule has 2 N–H and O–H groups in total. The third-order valence-electron chi connectivity index (χ3n) is 1.85. The van der Waals surface area contributed by atoms with E-state index < -0.39 is 0 Å². The minimum absolute atomic E-state index is 0.0840. The molecule has 0 aliphatic rings. The van der Waals surface area contributed by atoms with Crippen molar-refractivity contribution in [3.05, 3.63) is 18.0 Å². The predicted molar refractivity (Wildman–Crippen MR) is 58.5 cm³/mol. The SMILES string of the molecule is CCCC(Br)CNC(=O)c1cn[nH]c1. The predicted octanol–water partition coefficient (Wildman–Crippen LogP) is 1.70. The van der Waals surface area contributed by atoms with Gasteiger partial charge in [-0.1, -0.05) is 29.3 Å². The highest BCUT2D eigenvalue weighted by atomic mass is 79.9. The van der Waals surface area contributed by atoms with E-state index in [1.165, 1.54) is 6.20 Å². The molecule has 0 aliphatic carbocycles. The number of nitrogens with one attached hydrogen (secondary N) is 2. The van der Waals surface area contributed by atoms with Gasteiger partial charge < -0.3 is 5.32 Å². The normalized spacial score (nSPS) is 12.4. The third-order valence-corrected chi connectivity index (χ3v) is 2.63. The zero-order valence-electron chi connectivity index (χ0n) is 8.09. The van der Waals surface area contributed by atoms with E-state index in [1.54, 1.807) is 6.20 Å². The van der Waals surface area contributed by atoms with Crippen molar-refractivity contribution in [1.29, 1.82) is 0 Å². The summed E-state index contributed by atoms with van der Waals surface area (Å²) in [7, 11) is 0. The molecule has 0 spiro atoms. The summed E-state index contributed by atoms with van der Waals surface area (Å²) in [5, 5.41) is 9.13. The molecule has 1 unspecified atom stereocenters. The Bertz CT molecular complexity index is 274. The minimum atomic E-state index is -0.0840. The first-order chi connectivity index (χ1) is 6.74. The number of nitrogens with zero attached hydrogens (tertiary/aromatic N) is 1. The first-order valence-electron chi connectivity index (χ1n) is 4.65. The van der Waals surface area contributed by atoms with E-state index in [-0.39, 0.29) is 5.91 Å². The van der Waals surface area contributed by atoms with Crippen molar-refractivity contribution in [3.63, 3.8) is 0 Å². The van der Waals surface area contributed by atoms with Crippen molar-refractivity contribution >= 4 is 21.8 Å². The number of amides is 1. The molecule has 0 radical (unpaired) electrons. The molecule has 78 valence electrons. The second-order valence-electron chi connectivity index (χ2n) is 3.08. The smallest absolute Gasteiger partial charge is 0.254 e. The van der Waals surface area contributed by atoms with Gasteiger partial charge in [0.15, 0.2) is 0 Å². The largest absolute Gasteiger partial charge is 0.351 e. The quantitative estimate of drug-likeness (QED) is 0.792. The second kappa shape index (κ2) is 5.80. The molecule has 0 aliphatic heterocycles. The molecule has 5 heteroatoms. The van der Waals surface area contributed by atoms with E-state index in [4.69, 9.17) is 0 Å². The van der Waals surface area contributed by atoms with Crippen LogP contribution < -0.4 is 5.32 Å². The van der Waals surface area contributed by atoms with Gasteiger partial charge >= 0.3 is 0 Å². The van der Waals surface area contributed by atoms with Crippen LogP contribution in [0.5, 0.6) is 0 Å². The van der Waals surface area contributed by atoms with Crippen LogP contribution in [-0.4, -0.2) is 27.5 Å². The van der Waals surface area contributed by atoms with E-state index in [1.807, 2.05) is 0 Å². The molecule has 1 aromatic heterocycles. The van der Waals surface area contributed by atoms with Gasteiger partial charge in [-0.25, -0.2) is 0 Å². The number of hydrogen-bond donors (Lipinski definition) is 2. The van der Waals surface area contributed by atoms with Crippen molar-refractivity contribution in [2.45, 2.75) is 24.6 Å². The van der Waals surface area contributed by atoms with Gasteiger partial charge in [-0.2, -0.15) is 5.10 Å². The van der Waals surface area contributed by atoms with E-state index >= 15 is 0 Å². The number of carbonyl (C=O) groups is 1. The van der Waals surface area contributed by atoms with Crippen molar-refractivity contribution in [2.75, 3.05) is 6.54 Å². The number of aromatic nitrogens is 2. The summed E-state index contributed by atoms with van der Waals surface area (Å²) in [6.07, 6.45) is 5.26. The summed E-state index contributed by atoms with van der Waals surface area (Å²) in [6, 6.07) is 0. The summed E-state index contributed by atoms with van der Waals surface area (Å²) in [6.45, 7) is 2.77. The lowest BCUT2D eigenvalue weighted by molar-refractivity contribution is 0.0954. The van der Waals surface area contributed by atoms with Gasteiger partial charge in [0.25, 0.3) is 5.91 Å². The topological polar surface area (TPSA) is 57.8 Å². The fraction of sp³-hybridized carbons (Fsp3) is 0.556. The Balaban J connectivity index is 2.28. The highest BCUT2D eigenvalue weighted by Crippen LogP contribution is 2.06. The first-order valence-corrected chi connectivity index (χ1v) is 5.56. The molecule has 0 bridgehead atoms. The van der Waals surface area contributed by atoms with Crippen LogP contribution in [0, 0.1) is 0 Å². The Morgan fingerprint density at radius 2 is 2.57 bits per heavy atom. The Morgan fingerprint density at radius 3 is 3.14 bits per heavy atom. The maximum Gasteiger partial charge on any atom is 0.254 e. The van der Waals surface area contributed by atoms with Crippen LogP contribution >= 0.6 is 15.9 Å². The van der Waals surface area contributed by atoms with Crippen LogP contribution in [0.1, 0.15) is 30.1 Å². The number of halogens is 1. The van der Waals surface area contributed by atoms with E-state index in [0.717, 1.165) is 12.8 Å². The Morgan fingerprint density at radius 1 is 1.79 bits per heavy atom. The average molecular weight is 260 g/mol. The molecule has 0 aromatic carbocycles. The summed E-state index contributed by atoms with van der Waals surface area (Å²) in [5.74, 6) is -0.0840. The summed E-state index contributed by atoms with van der Waals surface area (Å²) in [4.78, 5) is 11.8. The maximum atomic E-state index is 11.4. The molecular weight excluding hydrogens is 246 g/mol. The van der Waals surface area contributed by atoms with Crippen LogP contribution in [0.2, 0.25) is 0 Å². The lowest BCUT2D eigenvalue weighted by Crippen LogP contribution is -2.29.